The zero-order valence-corrected chi connectivity index (χ0v) is 16.4. The monoisotopic (exact) mass is 407 g/mol. The molecule has 5 rings (SSSR count). The van der Waals surface area contributed by atoms with Gasteiger partial charge in [-0.05, 0) is 61.2 Å². The fraction of sp³-hybridized carbons (Fsp3) is 0.304. The van der Waals surface area contributed by atoms with E-state index < -0.39 is 6.23 Å². The van der Waals surface area contributed by atoms with Crippen molar-refractivity contribution in [3.05, 3.63) is 77.4 Å². The summed E-state index contributed by atoms with van der Waals surface area (Å²) in [4.78, 5) is 14.3. The van der Waals surface area contributed by atoms with Crippen molar-refractivity contribution in [1.29, 1.82) is 0 Å². The third-order valence-electron chi connectivity index (χ3n) is 5.64. The van der Waals surface area contributed by atoms with Crippen molar-refractivity contribution in [3.63, 3.8) is 0 Å². The van der Waals surface area contributed by atoms with Crippen molar-refractivity contribution >= 4 is 5.91 Å². The Morgan fingerprint density at radius 1 is 1.10 bits per heavy atom. The number of ether oxygens (including phenoxy) is 1. The van der Waals surface area contributed by atoms with Gasteiger partial charge in [-0.15, -0.1) is 0 Å². The van der Waals surface area contributed by atoms with Crippen LogP contribution < -0.4 is 0 Å². The average Bonchev–Trinajstić information content (AvgIpc) is 3.40. The number of aromatic nitrogens is 2. The van der Waals surface area contributed by atoms with Gasteiger partial charge < -0.3 is 14.7 Å². The van der Waals surface area contributed by atoms with Crippen LogP contribution in [-0.4, -0.2) is 38.8 Å². The molecule has 1 aromatic heterocycles. The lowest BCUT2D eigenvalue weighted by atomic mass is 10.1. The molecule has 0 radical (unpaired) electrons. The average molecular weight is 407 g/mol. The van der Waals surface area contributed by atoms with E-state index in [1.807, 2.05) is 18.3 Å². The molecule has 6 nitrogen and oxygen atoms in total. The van der Waals surface area contributed by atoms with E-state index in [2.05, 4.69) is 0 Å². The highest BCUT2D eigenvalue weighted by molar-refractivity contribution is 5.79. The lowest BCUT2D eigenvalue weighted by Crippen LogP contribution is -2.31. The minimum Gasteiger partial charge on any atom is -0.508 e. The Morgan fingerprint density at radius 2 is 1.83 bits per heavy atom. The van der Waals surface area contributed by atoms with E-state index in [1.165, 1.54) is 12.1 Å². The van der Waals surface area contributed by atoms with Gasteiger partial charge in [0.1, 0.15) is 18.2 Å². The lowest BCUT2D eigenvalue weighted by molar-refractivity contribution is -0.128. The van der Waals surface area contributed by atoms with E-state index in [9.17, 15) is 14.3 Å². The molecule has 1 saturated carbocycles. The molecule has 3 aromatic rings. The molecule has 2 aromatic carbocycles. The standard InChI is InChI=1S/C23H22FN3O3/c24-17-5-7-18(8-6-17)27-13-20(22(25-27)16-3-4-16)23-26(21(29)14-30-23)12-11-15-1-9-19(28)10-2-15/h1-2,5-10,13,16,23,28H,3-4,11-12,14H2. The molecule has 0 spiro atoms. The summed E-state index contributed by atoms with van der Waals surface area (Å²) in [6.07, 6.45) is 4.23. The van der Waals surface area contributed by atoms with Crippen molar-refractivity contribution in [1.82, 2.24) is 14.7 Å². The smallest absolute Gasteiger partial charge is 0.250 e. The summed E-state index contributed by atoms with van der Waals surface area (Å²) in [5.74, 6) is 0.258. The van der Waals surface area contributed by atoms with Crippen molar-refractivity contribution in [2.45, 2.75) is 31.4 Å². The highest BCUT2D eigenvalue weighted by atomic mass is 19.1. The van der Waals surface area contributed by atoms with Gasteiger partial charge in [-0.1, -0.05) is 12.1 Å². The second-order valence-electron chi connectivity index (χ2n) is 7.83. The predicted molar refractivity (Wildman–Crippen MR) is 108 cm³/mol. The van der Waals surface area contributed by atoms with Gasteiger partial charge in [0, 0.05) is 24.2 Å². The second kappa shape index (κ2) is 7.57. The van der Waals surface area contributed by atoms with Gasteiger partial charge in [0.25, 0.3) is 5.91 Å². The van der Waals surface area contributed by atoms with Crippen LogP contribution in [0.15, 0.2) is 54.7 Å². The van der Waals surface area contributed by atoms with Crippen LogP contribution in [0.5, 0.6) is 5.75 Å². The number of nitrogens with zero attached hydrogens (tertiary/aromatic N) is 3. The molecule has 1 aliphatic carbocycles. The minimum absolute atomic E-state index is 0.0462. The maximum absolute atomic E-state index is 13.3. The Kier molecular flexibility index (Phi) is 4.75. The number of rotatable bonds is 6. The Hall–Kier alpha value is -3.19. The maximum Gasteiger partial charge on any atom is 0.250 e. The molecule has 7 heteroatoms. The van der Waals surface area contributed by atoms with Gasteiger partial charge in [0.15, 0.2) is 6.23 Å². The molecule has 2 heterocycles. The molecule has 1 atom stereocenters. The highest BCUT2D eigenvalue weighted by Gasteiger charge is 2.39. The van der Waals surface area contributed by atoms with E-state index in [1.54, 1.807) is 33.8 Å². The number of benzene rings is 2. The van der Waals surface area contributed by atoms with Gasteiger partial charge in [0.2, 0.25) is 0 Å². The molecular formula is C23H22FN3O3. The number of amides is 1. The molecule has 1 N–H and O–H groups in total. The number of carbonyl (C=O) groups excluding carboxylic acids is 1. The van der Waals surface area contributed by atoms with Crippen LogP contribution in [0, 0.1) is 5.82 Å². The molecule has 1 aliphatic heterocycles. The van der Waals surface area contributed by atoms with Crippen molar-refractivity contribution in [2.75, 3.05) is 13.2 Å². The topological polar surface area (TPSA) is 67.6 Å². The van der Waals surface area contributed by atoms with Crippen molar-refractivity contribution < 1.29 is 19.0 Å². The van der Waals surface area contributed by atoms with Crippen LogP contribution >= 0.6 is 0 Å². The zero-order chi connectivity index (χ0) is 20.7. The van der Waals surface area contributed by atoms with Gasteiger partial charge in [-0.25, -0.2) is 9.07 Å². The van der Waals surface area contributed by atoms with E-state index in [4.69, 9.17) is 9.84 Å². The Bertz CT molecular complexity index is 1060. The number of hydrogen-bond acceptors (Lipinski definition) is 4. The normalized spacial score (nSPS) is 18.9. The predicted octanol–water partition coefficient (Wildman–Crippen LogP) is 3.69. The molecule has 2 aliphatic rings. The summed E-state index contributed by atoms with van der Waals surface area (Å²) in [6.45, 7) is 0.562. The third-order valence-corrected chi connectivity index (χ3v) is 5.64. The molecule has 2 fully saturated rings. The van der Waals surface area contributed by atoms with Gasteiger partial charge in [0.05, 0.1) is 11.4 Å². The van der Waals surface area contributed by atoms with Crippen molar-refractivity contribution in [3.8, 4) is 11.4 Å². The van der Waals surface area contributed by atoms with Crippen LogP contribution in [-0.2, 0) is 16.0 Å². The number of aromatic hydroxyl groups is 1. The van der Waals surface area contributed by atoms with E-state index in [0.717, 1.165) is 35.3 Å². The maximum atomic E-state index is 13.3. The summed E-state index contributed by atoms with van der Waals surface area (Å²) in [5, 5.41) is 14.2. The summed E-state index contributed by atoms with van der Waals surface area (Å²) < 4.78 is 20.9. The van der Waals surface area contributed by atoms with Crippen LogP contribution in [0.25, 0.3) is 5.69 Å². The first-order valence-corrected chi connectivity index (χ1v) is 10.1. The summed E-state index contributed by atoms with van der Waals surface area (Å²) in [7, 11) is 0. The van der Waals surface area contributed by atoms with E-state index in [0.29, 0.717) is 18.9 Å². The largest absolute Gasteiger partial charge is 0.508 e. The summed E-state index contributed by atoms with van der Waals surface area (Å²) in [6, 6.07) is 13.2. The number of carbonyl (C=O) groups is 1. The highest BCUT2D eigenvalue weighted by Crippen LogP contribution is 2.44. The molecule has 154 valence electrons. The van der Waals surface area contributed by atoms with E-state index in [-0.39, 0.29) is 24.1 Å². The molecule has 30 heavy (non-hydrogen) atoms. The number of hydrogen-bond donors (Lipinski definition) is 1. The first-order valence-electron chi connectivity index (χ1n) is 10.1. The Labute approximate surface area is 173 Å². The van der Waals surface area contributed by atoms with E-state index >= 15 is 0 Å². The fourth-order valence-corrected chi connectivity index (χ4v) is 3.86. The first-order chi connectivity index (χ1) is 14.6. The minimum atomic E-state index is -0.473. The number of halogens is 1. The SMILES string of the molecule is O=C1COC(c2cn(-c3ccc(F)cc3)nc2C2CC2)N1CCc1ccc(O)cc1. The quantitative estimate of drug-likeness (QED) is 0.677. The molecular weight excluding hydrogens is 385 g/mol. The molecule has 1 saturated heterocycles. The first kappa shape index (κ1) is 18.8. The van der Waals surface area contributed by atoms with Crippen LogP contribution in [0.1, 0.15) is 41.8 Å². The second-order valence-corrected chi connectivity index (χ2v) is 7.83. The third kappa shape index (κ3) is 3.68. The van der Waals surface area contributed by atoms with Gasteiger partial charge in [-0.2, -0.15) is 5.10 Å². The molecule has 1 unspecified atom stereocenters. The zero-order valence-electron chi connectivity index (χ0n) is 16.4. The van der Waals surface area contributed by atoms with Gasteiger partial charge in [-0.3, -0.25) is 4.79 Å². The van der Waals surface area contributed by atoms with Gasteiger partial charge >= 0.3 is 0 Å². The Morgan fingerprint density at radius 3 is 2.53 bits per heavy atom. The Balaban J connectivity index is 1.41. The van der Waals surface area contributed by atoms with Crippen LogP contribution in [0.3, 0.4) is 0 Å². The van der Waals surface area contributed by atoms with Crippen LogP contribution in [0.2, 0.25) is 0 Å². The number of phenolic OH excluding ortho intramolecular Hbond substituents is 1. The lowest BCUT2D eigenvalue weighted by Gasteiger charge is -2.23. The van der Waals surface area contributed by atoms with Crippen molar-refractivity contribution in [2.24, 2.45) is 0 Å². The molecule has 0 bridgehead atoms. The molecule has 1 amide bonds. The number of phenols is 1. The fourth-order valence-electron chi connectivity index (χ4n) is 3.86. The summed E-state index contributed by atoms with van der Waals surface area (Å²) in [5.41, 5.74) is 3.66. The summed E-state index contributed by atoms with van der Waals surface area (Å²) >= 11 is 0. The van der Waals surface area contributed by atoms with Crippen LogP contribution in [0.4, 0.5) is 4.39 Å².